The van der Waals surface area contributed by atoms with Crippen molar-refractivity contribution in [1.29, 1.82) is 0 Å². The number of hydrogen-bond donors (Lipinski definition) is 0. The molecule has 0 N–H and O–H groups in total. The number of aryl methyl sites for hydroxylation is 2. The van der Waals surface area contributed by atoms with Gasteiger partial charge in [0, 0.05) is 22.6 Å². The van der Waals surface area contributed by atoms with Crippen molar-refractivity contribution in [2.75, 3.05) is 4.90 Å². The van der Waals surface area contributed by atoms with Crippen LogP contribution in [0.1, 0.15) is 31.8 Å². The van der Waals surface area contributed by atoms with Crippen molar-refractivity contribution in [1.82, 2.24) is 0 Å². The lowest BCUT2D eigenvalue weighted by atomic mass is 9.91. The number of amides is 2. The minimum Gasteiger partial charge on any atom is -0.268 e. The second kappa shape index (κ2) is 4.98. The number of benzene rings is 3. The summed E-state index contributed by atoms with van der Waals surface area (Å²) in [5.41, 5.74) is 2.84. The third kappa shape index (κ3) is 1.75. The van der Waals surface area contributed by atoms with E-state index in [1.165, 1.54) is 18.2 Å². The molecule has 1 heterocycles. The van der Waals surface area contributed by atoms with Crippen LogP contribution in [0, 0.1) is 10.1 Å². The topological polar surface area (TPSA) is 80.5 Å². The maximum absolute atomic E-state index is 13.1. The van der Waals surface area contributed by atoms with Crippen LogP contribution in [0.25, 0.3) is 10.8 Å². The summed E-state index contributed by atoms with van der Waals surface area (Å²) in [5.74, 6) is -1.04. The average molecular weight is 344 g/mol. The number of rotatable bonds is 2. The van der Waals surface area contributed by atoms with Gasteiger partial charge in [-0.1, -0.05) is 24.3 Å². The Hall–Kier alpha value is -3.54. The number of carbonyl (C=O) groups is 2. The van der Waals surface area contributed by atoms with E-state index in [9.17, 15) is 19.7 Å². The molecule has 0 saturated carbocycles. The maximum Gasteiger partial charge on any atom is 0.293 e. The largest absolute Gasteiger partial charge is 0.293 e. The number of nitro groups is 1. The highest BCUT2D eigenvalue weighted by Crippen LogP contribution is 2.40. The van der Waals surface area contributed by atoms with E-state index in [0.29, 0.717) is 16.5 Å². The van der Waals surface area contributed by atoms with Crippen LogP contribution in [0.5, 0.6) is 0 Å². The molecule has 6 heteroatoms. The molecule has 0 fully saturated rings. The molecule has 1 aliphatic carbocycles. The van der Waals surface area contributed by atoms with Crippen molar-refractivity contribution >= 4 is 34.0 Å². The van der Waals surface area contributed by atoms with Crippen LogP contribution in [0.15, 0.2) is 48.5 Å². The zero-order valence-electron chi connectivity index (χ0n) is 13.6. The molecule has 6 nitrogen and oxygen atoms in total. The van der Waals surface area contributed by atoms with E-state index >= 15 is 0 Å². The predicted octanol–water partition coefficient (Wildman–Crippen LogP) is 3.65. The first-order chi connectivity index (χ1) is 12.6. The van der Waals surface area contributed by atoms with E-state index in [0.717, 1.165) is 34.3 Å². The molecular formula is C20H12N2O4. The lowest BCUT2D eigenvalue weighted by Crippen LogP contribution is -2.40. The van der Waals surface area contributed by atoms with Crippen LogP contribution in [-0.4, -0.2) is 16.7 Å². The molecule has 0 spiro atoms. The van der Waals surface area contributed by atoms with Crippen molar-refractivity contribution in [3.8, 4) is 0 Å². The number of para-hydroxylation sites is 2. The van der Waals surface area contributed by atoms with Gasteiger partial charge in [0.15, 0.2) is 0 Å². The van der Waals surface area contributed by atoms with Crippen LogP contribution < -0.4 is 4.90 Å². The third-order valence-corrected chi connectivity index (χ3v) is 5.18. The van der Waals surface area contributed by atoms with Crippen molar-refractivity contribution in [3.63, 3.8) is 0 Å². The van der Waals surface area contributed by atoms with Gasteiger partial charge in [0.2, 0.25) is 0 Å². The number of hydrogen-bond acceptors (Lipinski definition) is 4. The fourth-order valence-corrected chi connectivity index (χ4v) is 4.04. The van der Waals surface area contributed by atoms with Crippen LogP contribution in [0.2, 0.25) is 0 Å². The van der Waals surface area contributed by atoms with Crippen molar-refractivity contribution in [2.24, 2.45) is 0 Å². The highest BCUT2D eigenvalue weighted by Gasteiger charge is 2.38. The summed E-state index contributed by atoms with van der Waals surface area (Å²) in [5, 5.41) is 13.0. The molecule has 126 valence electrons. The van der Waals surface area contributed by atoms with E-state index in [1.807, 2.05) is 12.1 Å². The zero-order valence-corrected chi connectivity index (χ0v) is 13.6. The summed E-state index contributed by atoms with van der Waals surface area (Å²) in [6.45, 7) is 0. The highest BCUT2D eigenvalue weighted by atomic mass is 16.6. The Kier molecular flexibility index (Phi) is 2.83. The standard InChI is InChI=1S/C20H12N2O4/c23-19-13-9-7-11-5-6-12-8-10-14(18(13)17(11)12)20(24)21(19)15-3-1-2-4-16(15)22(25)26/h1-4,7-10H,5-6H2. The summed E-state index contributed by atoms with van der Waals surface area (Å²) in [6, 6.07) is 13.1. The van der Waals surface area contributed by atoms with Crippen molar-refractivity contribution in [3.05, 3.63) is 80.9 Å². The molecule has 5 rings (SSSR count). The van der Waals surface area contributed by atoms with Gasteiger partial charge in [0.1, 0.15) is 5.69 Å². The molecule has 0 saturated heterocycles. The molecule has 0 aromatic heterocycles. The molecule has 3 aromatic rings. The van der Waals surface area contributed by atoms with Crippen LogP contribution >= 0.6 is 0 Å². The normalized spacial score (nSPS) is 15.0. The Labute approximate surface area is 147 Å². The lowest BCUT2D eigenvalue weighted by molar-refractivity contribution is -0.384. The van der Waals surface area contributed by atoms with Gasteiger partial charge in [-0.05, 0) is 47.6 Å². The molecule has 1 aliphatic heterocycles. The fraction of sp³-hybridized carbons (Fsp3) is 0.100. The summed E-state index contributed by atoms with van der Waals surface area (Å²) < 4.78 is 0. The van der Waals surface area contributed by atoms with E-state index in [1.54, 1.807) is 18.2 Å². The molecule has 0 bridgehead atoms. The van der Waals surface area contributed by atoms with Crippen molar-refractivity contribution < 1.29 is 14.5 Å². The second-order valence-corrected chi connectivity index (χ2v) is 6.49. The Morgan fingerprint density at radius 3 is 1.96 bits per heavy atom. The Morgan fingerprint density at radius 1 is 0.808 bits per heavy atom. The van der Waals surface area contributed by atoms with Crippen molar-refractivity contribution in [2.45, 2.75) is 12.8 Å². The molecule has 3 aromatic carbocycles. The molecule has 0 unspecified atom stereocenters. The van der Waals surface area contributed by atoms with Gasteiger partial charge in [0.25, 0.3) is 17.5 Å². The smallest absolute Gasteiger partial charge is 0.268 e. The summed E-state index contributed by atoms with van der Waals surface area (Å²) >= 11 is 0. The first kappa shape index (κ1) is 14.8. The Bertz CT molecular complexity index is 1110. The van der Waals surface area contributed by atoms with Gasteiger partial charge in [-0.15, -0.1) is 0 Å². The number of nitrogens with zero attached hydrogens (tertiary/aromatic N) is 2. The fourth-order valence-electron chi connectivity index (χ4n) is 4.04. The van der Waals surface area contributed by atoms with Gasteiger partial charge >= 0.3 is 0 Å². The van der Waals surface area contributed by atoms with Gasteiger partial charge in [0.05, 0.1) is 4.92 Å². The molecular weight excluding hydrogens is 332 g/mol. The summed E-state index contributed by atoms with van der Waals surface area (Å²) in [6.07, 6.45) is 1.79. The third-order valence-electron chi connectivity index (χ3n) is 5.18. The second-order valence-electron chi connectivity index (χ2n) is 6.49. The summed E-state index contributed by atoms with van der Waals surface area (Å²) in [4.78, 5) is 37.9. The quantitative estimate of drug-likeness (QED) is 0.404. The molecule has 2 amide bonds. The molecule has 2 aliphatic rings. The number of imide groups is 1. The summed E-state index contributed by atoms with van der Waals surface area (Å²) in [7, 11) is 0. The molecule has 26 heavy (non-hydrogen) atoms. The van der Waals surface area contributed by atoms with E-state index < -0.39 is 16.7 Å². The van der Waals surface area contributed by atoms with E-state index in [2.05, 4.69) is 0 Å². The Balaban J connectivity index is 1.80. The number of anilines is 1. The minimum absolute atomic E-state index is 0.00525. The zero-order chi connectivity index (χ0) is 18.0. The lowest BCUT2D eigenvalue weighted by Gasteiger charge is -2.27. The average Bonchev–Trinajstić information content (AvgIpc) is 3.07. The van der Waals surface area contributed by atoms with Gasteiger partial charge in [-0.2, -0.15) is 0 Å². The number of nitro benzene ring substituents is 1. The maximum atomic E-state index is 13.1. The molecule has 0 atom stereocenters. The van der Waals surface area contributed by atoms with Gasteiger partial charge in [-0.25, -0.2) is 4.90 Å². The van der Waals surface area contributed by atoms with Crippen LogP contribution in [0.4, 0.5) is 11.4 Å². The van der Waals surface area contributed by atoms with Gasteiger partial charge < -0.3 is 0 Å². The highest BCUT2D eigenvalue weighted by molar-refractivity contribution is 6.36. The monoisotopic (exact) mass is 344 g/mol. The first-order valence-corrected chi connectivity index (χ1v) is 8.27. The number of carbonyl (C=O) groups excluding carboxylic acids is 2. The predicted molar refractivity (Wildman–Crippen MR) is 95.6 cm³/mol. The first-order valence-electron chi connectivity index (χ1n) is 8.27. The van der Waals surface area contributed by atoms with Gasteiger partial charge in [-0.3, -0.25) is 19.7 Å². The SMILES string of the molecule is O=C1c2ccc3c4c(ccc(c24)C(=O)N1c1ccccc1[N+](=O)[O-])CC3. The Morgan fingerprint density at radius 2 is 1.38 bits per heavy atom. The van der Waals surface area contributed by atoms with E-state index in [-0.39, 0.29) is 11.4 Å². The minimum atomic E-state index is -0.582. The molecule has 0 radical (unpaired) electrons. The van der Waals surface area contributed by atoms with E-state index in [4.69, 9.17) is 0 Å². The van der Waals surface area contributed by atoms with Crippen LogP contribution in [-0.2, 0) is 12.8 Å². The van der Waals surface area contributed by atoms with Crippen LogP contribution in [0.3, 0.4) is 0 Å².